The van der Waals surface area contributed by atoms with Crippen molar-refractivity contribution in [3.05, 3.63) is 60.4 Å². The van der Waals surface area contributed by atoms with Gasteiger partial charge in [-0.1, -0.05) is 43.2 Å². The normalized spacial score (nSPS) is 15.0. The van der Waals surface area contributed by atoms with Crippen LogP contribution < -0.4 is 15.5 Å². The molecule has 1 aliphatic heterocycles. The molecule has 2 aromatic heterocycles. The summed E-state index contributed by atoms with van der Waals surface area (Å²) in [4.78, 5) is 20.4. The lowest BCUT2D eigenvalue weighted by molar-refractivity contribution is 0.721. The third-order valence-electron chi connectivity index (χ3n) is 5.23. The molecular weight excluding hydrogens is 438 g/mol. The highest BCUT2D eigenvalue weighted by molar-refractivity contribution is 7.99. The molecule has 1 aliphatic rings. The molecule has 3 aromatic rings. The lowest BCUT2D eigenvalue weighted by atomic mass is 10.1. The molecule has 1 fully saturated rings. The zero-order valence-corrected chi connectivity index (χ0v) is 19.7. The van der Waals surface area contributed by atoms with E-state index in [2.05, 4.69) is 49.5 Å². The molecule has 7 nitrogen and oxygen atoms in total. The van der Waals surface area contributed by atoms with Crippen molar-refractivity contribution < 1.29 is 0 Å². The van der Waals surface area contributed by atoms with Gasteiger partial charge in [0, 0.05) is 31.5 Å². The molecule has 0 unspecified atom stereocenters. The second-order valence-electron chi connectivity index (χ2n) is 7.65. The van der Waals surface area contributed by atoms with Gasteiger partial charge in [-0.15, -0.1) is 0 Å². The number of benzene rings is 1. The summed E-state index contributed by atoms with van der Waals surface area (Å²) in [6, 6.07) is 14.1. The fraction of sp³-hybridized carbons (Fsp3) is 0.348. The standard InChI is InChI=1S/C23H27N7S2/c1-17(18-10-5-4-6-11-18)26-22(31)29-21-27-19(30-14-7-2-3-8-15-30)16-20(28-21)32-23-24-12-9-13-25-23/h4-6,9-13,16-17H,2-3,7-8,14-15H2,1H3,(H2,26,27,28,29,31)/t17-/m0/s1. The van der Waals surface area contributed by atoms with Crippen LogP contribution in [0.15, 0.2) is 65.0 Å². The molecule has 4 rings (SSSR count). The number of nitrogens with one attached hydrogen (secondary N) is 2. The number of hydrogen-bond acceptors (Lipinski definition) is 7. The lowest BCUT2D eigenvalue weighted by Crippen LogP contribution is -2.32. The first kappa shape index (κ1) is 22.4. The van der Waals surface area contributed by atoms with Crippen LogP contribution in [-0.2, 0) is 0 Å². The Hall–Kier alpha value is -2.78. The van der Waals surface area contributed by atoms with E-state index in [1.54, 1.807) is 18.5 Å². The molecular formula is C23H27N7S2. The quantitative estimate of drug-likeness (QED) is 0.302. The Morgan fingerprint density at radius 3 is 2.44 bits per heavy atom. The summed E-state index contributed by atoms with van der Waals surface area (Å²) < 4.78 is 0. The molecule has 1 atom stereocenters. The second-order valence-corrected chi connectivity index (χ2v) is 9.05. The maximum Gasteiger partial charge on any atom is 0.232 e. The van der Waals surface area contributed by atoms with E-state index in [-0.39, 0.29) is 6.04 Å². The van der Waals surface area contributed by atoms with Crippen molar-refractivity contribution in [2.24, 2.45) is 0 Å². The molecule has 1 aromatic carbocycles. The Kier molecular flexibility index (Phi) is 7.84. The minimum atomic E-state index is 0.0663. The third-order valence-corrected chi connectivity index (χ3v) is 6.26. The summed E-state index contributed by atoms with van der Waals surface area (Å²) >= 11 is 6.98. The molecule has 3 heterocycles. The molecule has 0 aliphatic carbocycles. The average molecular weight is 466 g/mol. The minimum Gasteiger partial charge on any atom is -0.356 e. The number of rotatable bonds is 6. The largest absolute Gasteiger partial charge is 0.356 e. The van der Waals surface area contributed by atoms with Crippen molar-refractivity contribution >= 4 is 40.9 Å². The van der Waals surface area contributed by atoms with Crippen LogP contribution in [0.25, 0.3) is 0 Å². The van der Waals surface area contributed by atoms with Crippen molar-refractivity contribution in [1.29, 1.82) is 0 Å². The first-order valence-corrected chi connectivity index (χ1v) is 12.1. The van der Waals surface area contributed by atoms with Crippen LogP contribution in [0.4, 0.5) is 11.8 Å². The van der Waals surface area contributed by atoms with Crippen molar-refractivity contribution in [3.63, 3.8) is 0 Å². The van der Waals surface area contributed by atoms with Gasteiger partial charge in [-0.2, -0.15) is 4.98 Å². The van der Waals surface area contributed by atoms with Gasteiger partial charge in [0.25, 0.3) is 0 Å². The number of hydrogen-bond donors (Lipinski definition) is 2. The highest BCUT2D eigenvalue weighted by atomic mass is 32.2. The van der Waals surface area contributed by atoms with E-state index < -0.39 is 0 Å². The predicted octanol–water partition coefficient (Wildman–Crippen LogP) is 4.85. The zero-order chi connectivity index (χ0) is 22.2. The van der Waals surface area contributed by atoms with Gasteiger partial charge < -0.3 is 15.5 Å². The highest BCUT2D eigenvalue weighted by Gasteiger charge is 2.16. The number of thiocarbonyl (C=S) groups is 1. The van der Waals surface area contributed by atoms with E-state index in [0.717, 1.165) is 29.5 Å². The van der Waals surface area contributed by atoms with Gasteiger partial charge in [0.2, 0.25) is 5.95 Å². The summed E-state index contributed by atoms with van der Waals surface area (Å²) in [6.45, 7) is 4.07. The van der Waals surface area contributed by atoms with Gasteiger partial charge in [-0.05, 0) is 55.4 Å². The molecule has 9 heteroatoms. The number of nitrogens with zero attached hydrogens (tertiary/aromatic N) is 5. The Morgan fingerprint density at radius 2 is 1.72 bits per heavy atom. The zero-order valence-electron chi connectivity index (χ0n) is 18.1. The highest BCUT2D eigenvalue weighted by Crippen LogP contribution is 2.28. The van der Waals surface area contributed by atoms with Gasteiger partial charge in [-0.3, -0.25) is 0 Å². The smallest absolute Gasteiger partial charge is 0.232 e. The Morgan fingerprint density at radius 1 is 1.00 bits per heavy atom. The molecule has 2 N–H and O–H groups in total. The predicted molar refractivity (Wildman–Crippen MR) is 133 cm³/mol. The van der Waals surface area contributed by atoms with E-state index in [9.17, 15) is 0 Å². The van der Waals surface area contributed by atoms with E-state index in [1.165, 1.54) is 37.4 Å². The number of aromatic nitrogens is 4. The van der Waals surface area contributed by atoms with E-state index >= 15 is 0 Å². The first-order chi connectivity index (χ1) is 15.7. The summed E-state index contributed by atoms with van der Waals surface area (Å²) in [6.07, 6.45) is 8.33. The maximum absolute atomic E-state index is 5.56. The van der Waals surface area contributed by atoms with Gasteiger partial charge in [0.1, 0.15) is 10.8 Å². The van der Waals surface area contributed by atoms with E-state index in [0.29, 0.717) is 16.2 Å². The van der Waals surface area contributed by atoms with Gasteiger partial charge in [0.15, 0.2) is 10.3 Å². The van der Waals surface area contributed by atoms with Crippen molar-refractivity contribution in [2.45, 2.75) is 48.8 Å². The summed E-state index contributed by atoms with van der Waals surface area (Å²) in [5.41, 5.74) is 1.16. The van der Waals surface area contributed by atoms with Gasteiger partial charge in [-0.25, -0.2) is 15.0 Å². The molecule has 0 bridgehead atoms. The summed E-state index contributed by atoms with van der Waals surface area (Å²) in [5, 5.41) is 8.42. The lowest BCUT2D eigenvalue weighted by Gasteiger charge is -2.23. The molecule has 1 saturated heterocycles. The van der Waals surface area contributed by atoms with Crippen molar-refractivity contribution in [1.82, 2.24) is 25.3 Å². The fourth-order valence-electron chi connectivity index (χ4n) is 3.57. The molecule has 0 radical (unpaired) electrons. The first-order valence-electron chi connectivity index (χ1n) is 10.9. The maximum atomic E-state index is 5.56. The van der Waals surface area contributed by atoms with Crippen LogP contribution >= 0.6 is 24.0 Å². The topological polar surface area (TPSA) is 78.9 Å². The average Bonchev–Trinajstić information content (AvgIpc) is 3.10. The Labute approximate surface area is 198 Å². The van der Waals surface area contributed by atoms with Crippen LogP contribution in [0.5, 0.6) is 0 Å². The van der Waals surface area contributed by atoms with Crippen molar-refractivity contribution in [2.75, 3.05) is 23.3 Å². The second kappa shape index (κ2) is 11.2. The molecule has 0 amide bonds. The monoisotopic (exact) mass is 465 g/mol. The third kappa shape index (κ3) is 6.37. The number of anilines is 2. The van der Waals surface area contributed by atoms with Crippen LogP contribution in [0.3, 0.4) is 0 Å². The summed E-state index contributed by atoms with van der Waals surface area (Å²) in [5.74, 6) is 1.38. The molecule has 32 heavy (non-hydrogen) atoms. The Bertz CT molecular complexity index is 1010. The van der Waals surface area contributed by atoms with Gasteiger partial charge >= 0.3 is 0 Å². The minimum absolute atomic E-state index is 0.0663. The molecule has 166 valence electrons. The van der Waals surface area contributed by atoms with E-state index in [4.69, 9.17) is 17.2 Å². The van der Waals surface area contributed by atoms with Crippen LogP contribution in [-0.4, -0.2) is 38.1 Å². The van der Waals surface area contributed by atoms with Gasteiger partial charge in [0.05, 0.1) is 6.04 Å². The molecule has 0 saturated carbocycles. The van der Waals surface area contributed by atoms with E-state index in [1.807, 2.05) is 24.3 Å². The summed E-state index contributed by atoms with van der Waals surface area (Å²) in [7, 11) is 0. The molecule has 0 spiro atoms. The SMILES string of the molecule is C[C@H](NC(=S)Nc1nc(Sc2ncccn2)cc(N2CCCCCC2)n1)c1ccccc1. The van der Waals surface area contributed by atoms with Crippen LogP contribution in [0.2, 0.25) is 0 Å². The van der Waals surface area contributed by atoms with Crippen molar-refractivity contribution in [3.8, 4) is 0 Å². The Balaban J connectivity index is 1.53. The van der Waals surface area contributed by atoms with Crippen LogP contribution in [0, 0.1) is 0 Å². The fourth-order valence-corrected chi connectivity index (χ4v) is 4.55. The van der Waals surface area contributed by atoms with Crippen LogP contribution in [0.1, 0.15) is 44.2 Å².